The maximum Gasteiger partial charge on any atom is 0.225 e. The summed E-state index contributed by atoms with van der Waals surface area (Å²) >= 11 is 0. The Labute approximate surface area is 203 Å². The van der Waals surface area contributed by atoms with Crippen molar-refractivity contribution in [1.82, 2.24) is 19.7 Å². The van der Waals surface area contributed by atoms with Crippen molar-refractivity contribution in [2.24, 2.45) is 7.05 Å². The molecule has 0 aliphatic carbocycles. The molecule has 0 bridgehead atoms. The topological polar surface area (TPSA) is 100 Å². The average Bonchev–Trinajstić information content (AvgIpc) is 3.18. The van der Waals surface area contributed by atoms with E-state index in [0.29, 0.717) is 40.8 Å². The fourth-order valence-electron chi connectivity index (χ4n) is 3.85. The van der Waals surface area contributed by atoms with Crippen LogP contribution in [0.25, 0.3) is 22.3 Å². The Kier molecular flexibility index (Phi) is 6.17. The number of hydrogen-bond donors (Lipinski definition) is 2. The van der Waals surface area contributed by atoms with Crippen LogP contribution in [0.15, 0.2) is 78.9 Å². The number of aryl methyl sites for hydroxylation is 1. The van der Waals surface area contributed by atoms with Gasteiger partial charge in [-0.3, -0.25) is 4.68 Å². The summed E-state index contributed by atoms with van der Waals surface area (Å²) < 4.78 is 12.9. The molecule has 5 aromatic rings. The number of aromatic nitrogens is 4. The molecule has 35 heavy (non-hydrogen) atoms. The highest BCUT2D eigenvalue weighted by atomic mass is 16.5. The largest absolute Gasteiger partial charge is 0.497 e. The third kappa shape index (κ3) is 4.86. The van der Waals surface area contributed by atoms with E-state index in [-0.39, 0.29) is 0 Å². The Balaban J connectivity index is 1.43. The number of hydrogen-bond acceptors (Lipinski definition) is 7. The van der Waals surface area contributed by atoms with Gasteiger partial charge >= 0.3 is 0 Å². The number of para-hydroxylation sites is 1. The normalized spacial score (nSPS) is 10.9. The van der Waals surface area contributed by atoms with Crippen molar-refractivity contribution in [3.8, 4) is 28.5 Å². The first-order valence-electron chi connectivity index (χ1n) is 11.3. The molecule has 8 heteroatoms. The molecule has 0 unspecified atom stereocenters. The summed E-state index contributed by atoms with van der Waals surface area (Å²) in [6.07, 6.45) is 0.811. The predicted molar refractivity (Wildman–Crippen MR) is 138 cm³/mol. The molecule has 8 nitrogen and oxygen atoms in total. The summed E-state index contributed by atoms with van der Waals surface area (Å²) in [5, 5.41) is 8.54. The van der Waals surface area contributed by atoms with Crippen molar-refractivity contribution in [3.05, 3.63) is 84.4 Å². The van der Waals surface area contributed by atoms with Crippen LogP contribution in [-0.4, -0.2) is 33.4 Å². The van der Waals surface area contributed by atoms with Crippen LogP contribution in [-0.2, 0) is 13.5 Å². The first kappa shape index (κ1) is 22.2. The van der Waals surface area contributed by atoms with Crippen molar-refractivity contribution in [3.63, 3.8) is 0 Å². The average molecular weight is 467 g/mol. The zero-order valence-electron chi connectivity index (χ0n) is 19.6. The molecule has 0 saturated heterocycles. The van der Waals surface area contributed by atoms with Crippen LogP contribution >= 0.6 is 0 Å². The van der Waals surface area contributed by atoms with Gasteiger partial charge in [0.1, 0.15) is 23.1 Å². The lowest BCUT2D eigenvalue weighted by atomic mass is 10.1. The number of nitrogens with two attached hydrogens (primary N) is 1. The first-order chi connectivity index (χ1) is 17.1. The van der Waals surface area contributed by atoms with Crippen molar-refractivity contribution >= 4 is 22.8 Å². The standard InChI is InChI=1S/C27H26N6O2/c1-33-25(28)23-24(19-7-6-10-22(17-19)35-21-8-4-3-5-9-21)30-27(31-26(23)32-33)29-16-15-18-11-13-20(34-2)14-12-18/h3-14,17H,15-16,28H2,1-2H3,(H,29,31,32). The molecule has 0 saturated carbocycles. The zero-order chi connectivity index (χ0) is 24.2. The van der Waals surface area contributed by atoms with Gasteiger partial charge in [0.25, 0.3) is 0 Å². The molecule has 176 valence electrons. The summed E-state index contributed by atoms with van der Waals surface area (Å²) in [4.78, 5) is 9.43. The Morgan fingerprint density at radius 2 is 1.66 bits per heavy atom. The number of methoxy groups -OCH3 is 1. The summed E-state index contributed by atoms with van der Waals surface area (Å²) in [5.74, 6) is 3.31. The molecular formula is C27H26N6O2. The summed E-state index contributed by atoms with van der Waals surface area (Å²) in [5.41, 5.74) is 9.64. The van der Waals surface area contributed by atoms with Gasteiger partial charge in [0.2, 0.25) is 5.95 Å². The second kappa shape index (κ2) is 9.72. The third-order valence-corrected chi connectivity index (χ3v) is 5.68. The van der Waals surface area contributed by atoms with Gasteiger partial charge in [-0.1, -0.05) is 42.5 Å². The van der Waals surface area contributed by atoms with E-state index in [9.17, 15) is 0 Å². The van der Waals surface area contributed by atoms with Gasteiger partial charge in [0.15, 0.2) is 5.65 Å². The minimum absolute atomic E-state index is 0.494. The molecule has 0 aliphatic rings. The number of benzene rings is 3. The molecule has 3 aromatic carbocycles. The van der Waals surface area contributed by atoms with Gasteiger partial charge in [-0.2, -0.15) is 10.1 Å². The first-order valence-corrected chi connectivity index (χ1v) is 11.3. The molecule has 0 amide bonds. The summed E-state index contributed by atoms with van der Waals surface area (Å²) in [7, 11) is 3.46. The van der Waals surface area contributed by atoms with Crippen molar-refractivity contribution in [1.29, 1.82) is 0 Å². The number of ether oxygens (including phenoxy) is 2. The molecule has 0 spiro atoms. The van der Waals surface area contributed by atoms with Crippen LogP contribution < -0.4 is 20.5 Å². The lowest BCUT2D eigenvalue weighted by Gasteiger charge is -2.11. The molecule has 2 aromatic heterocycles. The number of nitrogens with one attached hydrogen (secondary N) is 1. The zero-order valence-corrected chi connectivity index (χ0v) is 19.6. The second-order valence-electron chi connectivity index (χ2n) is 8.07. The van der Waals surface area contributed by atoms with Gasteiger partial charge in [-0.15, -0.1) is 0 Å². The second-order valence-corrected chi connectivity index (χ2v) is 8.07. The Morgan fingerprint density at radius 3 is 2.43 bits per heavy atom. The van der Waals surface area contributed by atoms with Crippen LogP contribution in [0.4, 0.5) is 11.8 Å². The van der Waals surface area contributed by atoms with Crippen LogP contribution in [0, 0.1) is 0 Å². The Morgan fingerprint density at radius 1 is 0.886 bits per heavy atom. The number of nitrogens with zero attached hydrogens (tertiary/aromatic N) is 4. The lowest BCUT2D eigenvalue weighted by molar-refractivity contribution is 0.414. The highest BCUT2D eigenvalue weighted by molar-refractivity contribution is 5.99. The molecule has 3 N–H and O–H groups in total. The van der Waals surface area contributed by atoms with Crippen LogP contribution in [0.1, 0.15) is 5.56 Å². The molecule has 0 aliphatic heterocycles. The van der Waals surface area contributed by atoms with E-state index in [4.69, 9.17) is 20.2 Å². The van der Waals surface area contributed by atoms with Gasteiger partial charge in [0, 0.05) is 19.2 Å². The minimum Gasteiger partial charge on any atom is -0.497 e. The van der Waals surface area contributed by atoms with E-state index < -0.39 is 0 Å². The molecule has 5 rings (SSSR count). The monoisotopic (exact) mass is 466 g/mol. The highest BCUT2D eigenvalue weighted by Gasteiger charge is 2.17. The smallest absolute Gasteiger partial charge is 0.225 e. The number of nitrogen functional groups attached to an aromatic ring is 1. The molecule has 0 radical (unpaired) electrons. The summed E-state index contributed by atoms with van der Waals surface area (Å²) in [6, 6.07) is 25.4. The van der Waals surface area contributed by atoms with Crippen LogP contribution in [0.3, 0.4) is 0 Å². The van der Waals surface area contributed by atoms with Crippen molar-refractivity contribution < 1.29 is 9.47 Å². The molecule has 0 atom stereocenters. The Hall–Kier alpha value is -4.59. The quantitative estimate of drug-likeness (QED) is 0.329. The van der Waals surface area contributed by atoms with Crippen LogP contribution in [0.5, 0.6) is 17.2 Å². The van der Waals surface area contributed by atoms with Crippen molar-refractivity contribution in [2.75, 3.05) is 24.7 Å². The number of anilines is 2. The van der Waals surface area contributed by atoms with Gasteiger partial charge in [0.05, 0.1) is 18.2 Å². The maximum absolute atomic E-state index is 6.35. The van der Waals surface area contributed by atoms with E-state index in [2.05, 4.69) is 15.4 Å². The summed E-state index contributed by atoms with van der Waals surface area (Å²) in [6.45, 7) is 0.663. The SMILES string of the molecule is COc1ccc(CCNc2nc(-c3cccc(Oc4ccccc4)c3)c3c(N)n(C)nc3n2)cc1. The molecule has 0 fully saturated rings. The minimum atomic E-state index is 0.494. The van der Waals surface area contributed by atoms with Gasteiger partial charge in [-0.25, -0.2) is 4.98 Å². The molecule has 2 heterocycles. The van der Waals surface area contributed by atoms with E-state index >= 15 is 0 Å². The van der Waals surface area contributed by atoms with E-state index in [1.165, 1.54) is 5.56 Å². The maximum atomic E-state index is 6.35. The number of rotatable bonds is 8. The lowest BCUT2D eigenvalue weighted by Crippen LogP contribution is -2.09. The van der Waals surface area contributed by atoms with Gasteiger partial charge < -0.3 is 20.5 Å². The fraction of sp³-hybridized carbons (Fsp3) is 0.148. The van der Waals surface area contributed by atoms with E-state index in [1.54, 1.807) is 18.8 Å². The molecular weight excluding hydrogens is 440 g/mol. The number of fused-ring (bicyclic) bond motifs is 1. The van der Waals surface area contributed by atoms with Crippen molar-refractivity contribution in [2.45, 2.75) is 6.42 Å². The van der Waals surface area contributed by atoms with E-state index in [1.807, 2.05) is 78.9 Å². The highest BCUT2D eigenvalue weighted by Crippen LogP contribution is 2.33. The van der Waals surface area contributed by atoms with E-state index in [0.717, 1.165) is 23.5 Å². The fourth-order valence-corrected chi connectivity index (χ4v) is 3.85. The predicted octanol–water partition coefficient (Wildman–Crippen LogP) is 5.07. The third-order valence-electron chi connectivity index (χ3n) is 5.68. The van der Waals surface area contributed by atoms with Gasteiger partial charge in [-0.05, 0) is 48.4 Å². The Bertz CT molecular complexity index is 1450. The van der Waals surface area contributed by atoms with Crippen LogP contribution in [0.2, 0.25) is 0 Å².